The molecule has 0 bridgehead atoms. The third-order valence-electron chi connectivity index (χ3n) is 10.7. The number of hydrazine groups is 2. The molecule has 2 amide bonds. The van der Waals surface area contributed by atoms with Crippen LogP contribution >= 0.6 is 0 Å². The Balaban J connectivity index is 0.852. The van der Waals surface area contributed by atoms with Gasteiger partial charge in [0, 0.05) is 32.7 Å². The van der Waals surface area contributed by atoms with Gasteiger partial charge >= 0.3 is 12.1 Å². The number of para-hydroxylation sites is 1. The lowest BCUT2D eigenvalue weighted by Crippen LogP contribution is -2.69. The average molecular weight is 948 g/mol. The number of benzene rings is 2. The second-order valence-electron chi connectivity index (χ2n) is 15.6. The molecule has 7 atom stereocenters. The van der Waals surface area contributed by atoms with Crippen LogP contribution in [0.3, 0.4) is 0 Å². The van der Waals surface area contributed by atoms with E-state index in [2.05, 4.69) is 87.0 Å². The van der Waals surface area contributed by atoms with E-state index in [0.717, 1.165) is 19.5 Å². The fourth-order valence-electron chi connectivity index (χ4n) is 7.66. The zero-order chi connectivity index (χ0) is 48.2. The van der Waals surface area contributed by atoms with E-state index >= 15 is 0 Å². The highest BCUT2D eigenvalue weighted by molar-refractivity contribution is 5.85. The molecule has 0 aliphatic carbocycles. The molecular formula is C43H65N9O15. The monoisotopic (exact) mass is 947 g/mol. The number of aliphatic carboxylic acids is 1. The number of anilines is 1. The molecule has 24 heteroatoms. The van der Waals surface area contributed by atoms with Gasteiger partial charge in [-0.15, -0.1) is 0 Å². The maximum Gasteiger partial charge on any atom is 0.407 e. The molecule has 0 spiro atoms. The number of aliphatic hydroxyl groups is 3. The molecule has 2 aromatic carbocycles. The minimum absolute atomic E-state index is 0.00361. The summed E-state index contributed by atoms with van der Waals surface area (Å²) in [5, 5.41) is 48.0. The van der Waals surface area contributed by atoms with Crippen molar-refractivity contribution in [2.45, 2.75) is 55.6 Å². The maximum absolute atomic E-state index is 12.7. The van der Waals surface area contributed by atoms with E-state index in [4.69, 9.17) is 49.4 Å². The number of guanidine groups is 1. The van der Waals surface area contributed by atoms with Crippen molar-refractivity contribution in [1.82, 2.24) is 26.6 Å². The fraction of sp³-hybridized carbons (Fsp3) is 0.581. The second kappa shape index (κ2) is 26.9. The fourth-order valence-corrected chi connectivity index (χ4v) is 7.66. The Labute approximate surface area is 388 Å². The summed E-state index contributed by atoms with van der Waals surface area (Å²) in [4.78, 5) is 42.6. The molecular weight excluding hydrogens is 883 g/mol. The maximum atomic E-state index is 12.7. The van der Waals surface area contributed by atoms with Gasteiger partial charge in [-0.2, -0.15) is 5.12 Å². The molecule has 1 fully saturated rings. The predicted molar refractivity (Wildman–Crippen MR) is 239 cm³/mol. The first kappa shape index (κ1) is 52.7. The third kappa shape index (κ3) is 15.7. The van der Waals surface area contributed by atoms with Crippen LogP contribution < -0.4 is 37.9 Å². The molecule has 2 aromatic rings. The van der Waals surface area contributed by atoms with Gasteiger partial charge in [0.25, 0.3) is 5.79 Å². The number of carboxylic acids is 1. The number of hydrogen-bond acceptors (Lipinski definition) is 19. The van der Waals surface area contributed by atoms with E-state index in [9.17, 15) is 34.8 Å². The summed E-state index contributed by atoms with van der Waals surface area (Å²) in [5.74, 6) is -6.84. The van der Waals surface area contributed by atoms with Crippen LogP contribution in [0.25, 0.3) is 0 Å². The lowest BCUT2D eigenvalue weighted by Gasteiger charge is -2.45. The van der Waals surface area contributed by atoms with Gasteiger partial charge in [-0.3, -0.25) is 4.79 Å². The van der Waals surface area contributed by atoms with Gasteiger partial charge in [0.15, 0.2) is 12.1 Å². The lowest BCUT2D eigenvalue weighted by molar-refractivity contribution is -0.279. The van der Waals surface area contributed by atoms with Crippen molar-refractivity contribution in [2.75, 3.05) is 111 Å². The van der Waals surface area contributed by atoms with Crippen LogP contribution in [-0.2, 0) is 54.0 Å². The Hall–Kier alpha value is -5.22. The third-order valence-corrected chi connectivity index (χ3v) is 10.7. The Morgan fingerprint density at radius 3 is 1.96 bits per heavy atom. The van der Waals surface area contributed by atoms with Crippen LogP contribution in [0.4, 0.5) is 10.5 Å². The molecule has 1 saturated heterocycles. The minimum Gasteiger partial charge on any atom is -0.475 e. The van der Waals surface area contributed by atoms with Crippen LogP contribution in [-0.4, -0.2) is 186 Å². The van der Waals surface area contributed by atoms with E-state index < -0.39 is 66.4 Å². The molecule has 2 unspecified atom stereocenters. The number of nitrogens with one attached hydrogen (secondary N) is 4. The van der Waals surface area contributed by atoms with E-state index in [-0.39, 0.29) is 38.4 Å². The molecule has 67 heavy (non-hydrogen) atoms. The lowest BCUT2D eigenvalue weighted by atomic mass is 9.88. The SMILES string of the molecule is CC(=O)N[C@@H]1[C@@H](N=C(N)N)C=C(C(=O)O)O[C@@]1(O)[C@H](OC(=O)NCCOCCOCCOCCOCCOCCOCCN1NC2c3ccccc3CN(C)c3ccccc3C2N1)[C@H](O)CO. The standard InChI is InChI=1S/C43H65N9O15/c1-28(54)47-38-32(48-41(44)45)25-35(40(56)57)67-43(38,59)39(34(55)27-53)66-42(58)46-11-13-60-15-17-62-19-21-64-23-24-65-22-20-63-18-16-61-14-12-52-49-36-30-8-4-3-7-29(30)26-51(2)33-10-6-5-9-31(33)37(36)50-52/h3-10,25,32,34,36-39,49-50,53,55,59H,11-24,26-27H2,1-2H3,(H,46,58)(H,47,54)(H,56,57)(H4,44,45,48)/t32-,34+,36?,37?,38+,39+,43+/m0/s1. The van der Waals surface area contributed by atoms with Crippen molar-refractivity contribution >= 4 is 29.6 Å². The average Bonchev–Trinajstić information content (AvgIpc) is 3.72. The Morgan fingerprint density at radius 2 is 1.39 bits per heavy atom. The van der Waals surface area contributed by atoms with E-state index in [1.165, 1.54) is 22.4 Å². The number of fused-ring (bicyclic) bond motifs is 5. The van der Waals surface area contributed by atoms with Gasteiger partial charge in [0.1, 0.15) is 18.2 Å². The molecule has 3 aliphatic heterocycles. The van der Waals surface area contributed by atoms with Gasteiger partial charge < -0.3 is 85.3 Å². The van der Waals surface area contributed by atoms with Crippen LogP contribution in [0.1, 0.15) is 35.7 Å². The predicted octanol–water partition coefficient (Wildman–Crippen LogP) is -1.87. The van der Waals surface area contributed by atoms with Crippen molar-refractivity contribution in [3.8, 4) is 0 Å². The molecule has 0 saturated carbocycles. The summed E-state index contributed by atoms with van der Waals surface area (Å²) >= 11 is 0. The first-order valence-corrected chi connectivity index (χ1v) is 21.9. The van der Waals surface area contributed by atoms with E-state index in [1.54, 1.807) is 0 Å². The van der Waals surface area contributed by atoms with Crippen molar-refractivity contribution < 1.29 is 72.7 Å². The van der Waals surface area contributed by atoms with Crippen LogP contribution in [0.5, 0.6) is 0 Å². The zero-order valence-corrected chi connectivity index (χ0v) is 37.7. The largest absolute Gasteiger partial charge is 0.475 e. The number of aliphatic imine (C=N–C) groups is 1. The summed E-state index contributed by atoms with van der Waals surface area (Å²) in [6, 6.07) is 14.1. The number of ether oxygens (including phenoxy) is 8. The van der Waals surface area contributed by atoms with Crippen LogP contribution in [0.15, 0.2) is 65.4 Å². The van der Waals surface area contributed by atoms with Crippen molar-refractivity contribution in [3.63, 3.8) is 0 Å². The number of aliphatic hydroxyl groups excluding tert-OH is 2. The normalized spacial score (nSPS) is 22.1. The van der Waals surface area contributed by atoms with Gasteiger partial charge in [0.2, 0.25) is 11.7 Å². The molecule has 24 nitrogen and oxygen atoms in total. The Morgan fingerprint density at radius 1 is 0.851 bits per heavy atom. The number of carbonyl (C=O) groups excluding carboxylic acids is 2. The first-order valence-electron chi connectivity index (χ1n) is 21.9. The molecule has 372 valence electrons. The van der Waals surface area contributed by atoms with Gasteiger partial charge in [-0.05, 0) is 28.8 Å². The van der Waals surface area contributed by atoms with E-state index in [1.807, 2.05) is 5.12 Å². The summed E-state index contributed by atoms with van der Waals surface area (Å²) in [6.07, 6.45) is -4.51. The summed E-state index contributed by atoms with van der Waals surface area (Å²) in [5.41, 5.74) is 23.3. The molecule has 0 aromatic heterocycles. The minimum atomic E-state index is -2.99. The highest BCUT2D eigenvalue weighted by atomic mass is 16.7. The number of alkyl carbamates (subject to hydrolysis) is 1. The van der Waals surface area contributed by atoms with Crippen LogP contribution in [0.2, 0.25) is 0 Å². The Bertz CT molecular complexity index is 1940. The highest BCUT2D eigenvalue weighted by Crippen LogP contribution is 2.41. The zero-order valence-electron chi connectivity index (χ0n) is 37.7. The van der Waals surface area contributed by atoms with Crippen molar-refractivity contribution in [3.05, 3.63) is 77.1 Å². The molecule has 5 rings (SSSR count). The molecule has 0 radical (unpaired) electrons. The number of hydrogen-bond donors (Lipinski definition) is 10. The topological polar surface area (TPSA) is 325 Å². The molecule has 3 aliphatic rings. The van der Waals surface area contributed by atoms with Gasteiger partial charge in [-0.25, -0.2) is 25.4 Å². The van der Waals surface area contributed by atoms with Crippen molar-refractivity contribution in [2.24, 2.45) is 16.5 Å². The van der Waals surface area contributed by atoms with Crippen LogP contribution in [0, 0.1) is 0 Å². The summed E-state index contributed by atoms with van der Waals surface area (Å²) in [6.45, 7) is 5.48. The highest BCUT2D eigenvalue weighted by Gasteiger charge is 2.58. The number of nitrogens with two attached hydrogens (primary N) is 2. The summed E-state index contributed by atoms with van der Waals surface area (Å²) < 4.78 is 43.9. The first-order chi connectivity index (χ1) is 32.3. The number of rotatable bonds is 28. The van der Waals surface area contributed by atoms with E-state index in [0.29, 0.717) is 66.0 Å². The number of carboxylic acid groups (broad SMARTS) is 1. The van der Waals surface area contributed by atoms with Gasteiger partial charge in [0.05, 0.1) is 105 Å². The smallest absolute Gasteiger partial charge is 0.407 e. The number of nitrogens with zero attached hydrogens (tertiary/aromatic N) is 3. The molecule has 3 heterocycles. The van der Waals surface area contributed by atoms with Crippen molar-refractivity contribution in [1.29, 1.82) is 0 Å². The Kier molecular flexibility index (Phi) is 21.2. The molecule has 12 N–H and O–H groups in total. The van der Waals surface area contributed by atoms with Gasteiger partial charge in [-0.1, -0.05) is 42.5 Å². The number of carbonyl (C=O) groups is 3. The summed E-state index contributed by atoms with van der Waals surface area (Å²) in [7, 11) is 2.13. The quantitative estimate of drug-likeness (QED) is 0.0254. The number of amides is 2. The second-order valence-corrected chi connectivity index (χ2v) is 15.6.